The lowest BCUT2D eigenvalue weighted by molar-refractivity contribution is -0.166. The van der Waals surface area contributed by atoms with Crippen LogP contribution in [0.4, 0.5) is 0 Å². The molecule has 0 aliphatic heterocycles. The van der Waals surface area contributed by atoms with Crippen molar-refractivity contribution in [3.05, 3.63) is 0 Å². The average molecular weight is 222 g/mol. The van der Waals surface area contributed by atoms with E-state index in [4.69, 9.17) is 24.9 Å². The van der Waals surface area contributed by atoms with Crippen molar-refractivity contribution in [2.24, 2.45) is 0 Å². The highest BCUT2D eigenvalue weighted by atomic mass is 16.6. The van der Waals surface area contributed by atoms with Gasteiger partial charge in [0.15, 0.2) is 0 Å². The van der Waals surface area contributed by atoms with Crippen molar-refractivity contribution < 1.29 is 39.2 Å². The Balaban J connectivity index is 0. The smallest absolute Gasteiger partial charge is 0.417 e. The molecule has 0 aromatic rings. The molecule has 8 nitrogen and oxygen atoms in total. The zero-order valence-electron chi connectivity index (χ0n) is 7.96. The molecule has 0 saturated heterocycles. The van der Waals surface area contributed by atoms with Crippen LogP contribution in [0.1, 0.15) is 13.8 Å². The van der Waals surface area contributed by atoms with Gasteiger partial charge in [-0.2, -0.15) is 0 Å². The highest BCUT2D eigenvalue weighted by Gasteiger charge is 2.13. The number of hydrogen-bond acceptors (Lipinski definition) is 5. The fourth-order valence-corrected chi connectivity index (χ4v) is 0.264. The number of hydrogen-bond donors (Lipinski definition) is 3. The Morgan fingerprint density at radius 2 is 1.20 bits per heavy atom. The number of rotatable bonds is 1. The summed E-state index contributed by atoms with van der Waals surface area (Å²) in [5, 5.41) is 22.7. The van der Waals surface area contributed by atoms with Crippen molar-refractivity contribution in [3.63, 3.8) is 0 Å². The van der Waals surface area contributed by atoms with Crippen molar-refractivity contribution in [3.8, 4) is 0 Å². The van der Waals surface area contributed by atoms with Crippen molar-refractivity contribution >= 4 is 23.9 Å². The molecule has 0 fully saturated rings. The molecule has 0 aliphatic carbocycles. The summed E-state index contributed by atoms with van der Waals surface area (Å²) in [5.41, 5.74) is 0. The fraction of sp³-hybridized carbons (Fsp3) is 0.429. The van der Waals surface area contributed by atoms with Gasteiger partial charge in [0.25, 0.3) is 0 Å². The molecule has 0 amide bonds. The molecular formula is C7H10O8. The third-order valence-corrected chi connectivity index (χ3v) is 0.700. The molecule has 0 spiro atoms. The van der Waals surface area contributed by atoms with E-state index in [9.17, 15) is 9.59 Å². The standard InChI is InChI=1S/C5H8O4.C2H2O4/c1-3(2)9-5(8)4(6)7;3-1(4)2(5)6/h3H,1-2H3,(H,6,7);(H,3,4)(H,5,6). The zero-order chi connectivity index (χ0) is 12.6. The monoisotopic (exact) mass is 222 g/mol. The lowest BCUT2D eigenvalue weighted by Crippen LogP contribution is -2.19. The van der Waals surface area contributed by atoms with Crippen LogP contribution in [0.2, 0.25) is 0 Å². The van der Waals surface area contributed by atoms with E-state index in [0.29, 0.717) is 0 Å². The first-order valence-electron chi connectivity index (χ1n) is 3.58. The van der Waals surface area contributed by atoms with E-state index >= 15 is 0 Å². The minimum absolute atomic E-state index is 0.367. The third kappa shape index (κ3) is 11.9. The second-order valence-electron chi connectivity index (χ2n) is 2.37. The molecule has 0 aliphatic rings. The van der Waals surface area contributed by atoms with Crippen LogP contribution in [0, 0.1) is 0 Å². The first-order chi connectivity index (χ1) is 6.68. The summed E-state index contributed by atoms with van der Waals surface area (Å²) < 4.78 is 4.27. The van der Waals surface area contributed by atoms with E-state index in [1.807, 2.05) is 0 Å². The molecule has 0 rings (SSSR count). The van der Waals surface area contributed by atoms with Gasteiger partial charge in [0.2, 0.25) is 0 Å². The predicted octanol–water partition coefficient (Wildman–Crippen LogP) is -0.822. The summed E-state index contributed by atoms with van der Waals surface area (Å²) in [6.07, 6.45) is -0.367. The van der Waals surface area contributed by atoms with E-state index in [2.05, 4.69) is 4.74 Å². The summed E-state index contributed by atoms with van der Waals surface area (Å²) >= 11 is 0. The highest BCUT2D eigenvalue weighted by molar-refractivity contribution is 6.28. The summed E-state index contributed by atoms with van der Waals surface area (Å²) in [6.45, 7) is 3.17. The van der Waals surface area contributed by atoms with Gasteiger partial charge in [-0.3, -0.25) is 0 Å². The van der Waals surface area contributed by atoms with Crippen molar-refractivity contribution in [1.29, 1.82) is 0 Å². The molecule has 0 atom stereocenters. The van der Waals surface area contributed by atoms with E-state index in [-0.39, 0.29) is 6.10 Å². The van der Waals surface area contributed by atoms with Crippen LogP contribution in [0.5, 0.6) is 0 Å². The lowest BCUT2D eigenvalue weighted by atomic mass is 10.5. The normalized spacial score (nSPS) is 8.47. The Morgan fingerprint density at radius 3 is 1.27 bits per heavy atom. The Labute approximate surface area is 84.1 Å². The molecular weight excluding hydrogens is 212 g/mol. The quantitative estimate of drug-likeness (QED) is 0.386. The topological polar surface area (TPSA) is 138 Å². The number of carboxylic acids is 3. The molecule has 0 unspecified atom stereocenters. The maximum Gasteiger partial charge on any atom is 0.417 e. The van der Waals surface area contributed by atoms with Crippen LogP contribution in [0.25, 0.3) is 0 Å². The number of aliphatic carboxylic acids is 3. The molecule has 8 heteroatoms. The average Bonchev–Trinajstić information content (AvgIpc) is 2.03. The second-order valence-corrected chi connectivity index (χ2v) is 2.37. The van der Waals surface area contributed by atoms with E-state index in [0.717, 1.165) is 0 Å². The Hall–Kier alpha value is -2.12. The summed E-state index contributed by atoms with van der Waals surface area (Å²) in [6, 6.07) is 0. The van der Waals surface area contributed by atoms with Gasteiger partial charge >= 0.3 is 23.9 Å². The van der Waals surface area contributed by atoms with Crippen LogP contribution >= 0.6 is 0 Å². The summed E-state index contributed by atoms with van der Waals surface area (Å²) in [4.78, 5) is 38.1. The number of carbonyl (C=O) groups is 4. The van der Waals surface area contributed by atoms with Crippen molar-refractivity contribution in [2.75, 3.05) is 0 Å². The van der Waals surface area contributed by atoms with E-state index < -0.39 is 23.9 Å². The Morgan fingerprint density at radius 1 is 0.867 bits per heavy atom. The van der Waals surface area contributed by atoms with Crippen LogP contribution < -0.4 is 0 Å². The van der Waals surface area contributed by atoms with Gasteiger partial charge in [-0.05, 0) is 13.8 Å². The van der Waals surface area contributed by atoms with Gasteiger partial charge in [0.1, 0.15) is 0 Å². The molecule has 0 bridgehead atoms. The first kappa shape index (κ1) is 15.4. The number of esters is 1. The van der Waals surface area contributed by atoms with Crippen molar-refractivity contribution in [2.45, 2.75) is 20.0 Å². The Bertz CT molecular complexity index is 254. The number of ether oxygens (including phenoxy) is 1. The maximum absolute atomic E-state index is 10.1. The summed E-state index contributed by atoms with van der Waals surface area (Å²) in [5.74, 6) is -6.40. The second kappa shape index (κ2) is 7.30. The predicted molar refractivity (Wildman–Crippen MR) is 44.1 cm³/mol. The molecule has 0 heterocycles. The molecule has 15 heavy (non-hydrogen) atoms. The number of carbonyl (C=O) groups excluding carboxylic acids is 1. The largest absolute Gasteiger partial charge is 0.473 e. The summed E-state index contributed by atoms with van der Waals surface area (Å²) in [7, 11) is 0. The fourth-order valence-electron chi connectivity index (χ4n) is 0.264. The maximum atomic E-state index is 10.1. The van der Waals surface area contributed by atoms with Gasteiger partial charge in [0, 0.05) is 0 Å². The van der Waals surface area contributed by atoms with Crippen LogP contribution in [0.15, 0.2) is 0 Å². The van der Waals surface area contributed by atoms with Crippen LogP contribution in [-0.2, 0) is 23.9 Å². The van der Waals surface area contributed by atoms with Gasteiger partial charge in [-0.1, -0.05) is 0 Å². The third-order valence-electron chi connectivity index (χ3n) is 0.700. The van der Waals surface area contributed by atoms with E-state index in [1.165, 1.54) is 0 Å². The molecule has 0 aromatic heterocycles. The first-order valence-corrected chi connectivity index (χ1v) is 3.58. The SMILES string of the molecule is CC(C)OC(=O)C(=O)O.O=C(O)C(=O)O. The van der Waals surface area contributed by atoms with Crippen LogP contribution in [-0.4, -0.2) is 45.3 Å². The van der Waals surface area contributed by atoms with E-state index in [1.54, 1.807) is 13.8 Å². The Kier molecular flexibility index (Phi) is 7.47. The highest BCUT2D eigenvalue weighted by Crippen LogP contribution is 1.87. The molecule has 3 N–H and O–H groups in total. The van der Waals surface area contributed by atoms with Crippen molar-refractivity contribution in [1.82, 2.24) is 0 Å². The van der Waals surface area contributed by atoms with Crippen LogP contribution in [0.3, 0.4) is 0 Å². The van der Waals surface area contributed by atoms with Gasteiger partial charge in [0.05, 0.1) is 6.10 Å². The minimum Gasteiger partial charge on any atom is -0.473 e. The number of carboxylic acid groups (broad SMARTS) is 3. The molecule has 0 radical (unpaired) electrons. The molecule has 86 valence electrons. The lowest BCUT2D eigenvalue weighted by Gasteiger charge is -2.02. The van der Waals surface area contributed by atoms with Gasteiger partial charge < -0.3 is 20.1 Å². The molecule has 0 aromatic carbocycles. The van der Waals surface area contributed by atoms with Gasteiger partial charge in [-0.15, -0.1) is 0 Å². The van der Waals surface area contributed by atoms with Gasteiger partial charge in [-0.25, -0.2) is 19.2 Å². The molecule has 0 saturated carbocycles. The zero-order valence-corrected chi connectivity index (χ0v) is 7.96. The minimum atomic E-state index is -1.82.